The Kier molecular flexibility index (Phi) is 4.60. The van der Waals surface area contributed by atoms with Crippen LogP contribution in [-0.4, -0.2) is 41.5 Å². The van der Waals surface area contributed by atoms with Crippen LogP contribution in [0.5, 0.6) is 5.75 Å². The predicted octanol–water partition coefficient (Wildman–Crippen LogP) is 2.35. The van der Waals surface area contributed by atoms with Crippen LogP contribution in [0, 0.1) is 6.92 Å². The molecule has 1 aromatic carbocycles. The first-order chi connectivity index (χ1) is 14.5. The van der Waals surface area contributed by atoms with Crippen molar-refractivity contribution >= 4 is 17.6 Å². The Morgan fingerprint density at radius 2 is 1.93 bits per heavy atom. The van der Waals surface area contributed by atoms with Gasteiger partial charge in [0.15, 0.2) is 0 Å². The van der Waals surface area contributed by atoms with E-state index in [4.69, 9.17) is 10.5 Å². The van der Waals surface area contributed by atoms with E-state index in [9.17, 15) is 9.59 Å². The van der Waals surface area contributed by atoms with Crippen LogP contribution in [0.1, 0.15) is 57.5 Å². The molecule has 30 heavy (non-hydrogen) atoms. The predicted molar refractivity (Wildman–Crippen MR) is 113 cm³/mol. The molecule has 4 heterocycles. The number of pyridine rings is 1. The number of anilines is 1. The maximum absolute atomic E-state index is 13.0. The Bertz CT molecular complexity index is 990. The number of fused-ring (bicyclic) bond motifs is 3. The molecule has 0 saturated carbocycles. The fourth-order valence-electron chi connectivity index (χ4n) is 5.27. The van der Waals surface area contributed by atoms with Gasteiger partial charge in [0.05, 0.1) is 12.2 Å². The van der Waals surface area contributed by atoms with Crippen molar-refractivity contribution < 1.29 is 14.3 Å². The summed E-state index contributed by atoms with van der Waals surface area (Å²) in [5.41, 5.74) is 8.56. The maximum Gasteiger partial charge on any atom is 0.251 e. The molecule has 2 saturated heterocycles. The zero-order valence-corrected chi connectivity index (χ0v) is 17.1. The van der Waals surface area contributed by atoms with E-state index in [2.05, 4.69) is 15.2 Å². The second-order valence-corrected chi connectivity index (χ2v) is 8.53. The van der Waals surface area contributed by atoms with Crippen molar-refractivity contribution in [2.24, 2.45) is 5.73 Å². The average Bonchev–Trinajstić information content (AvgIpc) is 3.31. The molecule has 2 bridgehead atoms. The lowest BCUT2D eigenvalue weighted by Crippen LogP contribution is -2.50. The van der Waals surface area contributed by atoms with Crippen LogP contribution in [0.3, 0.4) is 0 Å². The van der Waals surface area contributed by atoms with Gasteiger partial charge in [0.1, 0.15) is 11.6 Å². The molecule has 2 atom stereocenters. The number of nitrogens with two attached hydrogens (primary N) is 1. The molecule has 5 rings (SSSR count). The second kappa shape index (κ2) is 7.31. The molecule has 7 nitrogen and oxygen atoms in total. The lowest BCUT2D eigenvalue weighted by molar-refractivity contribution is 0.0925. The van der Waals surface area contributed by atoms with Crippen molar-refractivity contribution in [3.63, 3.8) is 0 Å². The van der Waals surface area contributed by atoms with Gasteiger partial charge in [-0.2, -0.15) is 0 Å². The Labute approximate surface area is 175 Å². The minimum atomic E-state index is -0.467. The number of nitrogens with one attached hydrogen (secondary N) is 1. The van der Waals surface area contributed by atoms with E-state index in [1.54, 1.807) is 12.3 Å². The molecule has 2 aromatic rings. The lowest BCUT2D eigenvalue weighted by atomic mass is 9.96. The van der Waals surface area contributed by atoms with E-state index in [1.165, 1.54) is 5.56 Å². The van der Waals surface area contributed by atoms with Crippen LogP contribution in [0.25, 0.3) is 0 Å². The van der Waals surface area contributed by atoms with Crippen molar-refractivity contribution in [1.82, 2.24) is 10.3 Å². The van der Waals surface area contributed by atoms with Crippen molar-refractivity contribution in [2.75, 3.05) is 11.5 Å². The number of carbonyl (C=O) groups is 2. The smallest absolute Gasteiger partial charge is 0.251 e. The van der Waals surface area contributed by atoms with Crippen molar-refractivity contribution in [3.05, 3.63) is 52.7 Å². The summed E-state index contributed by atoms with van der Waals surface area (Å²) >= 11 is 0. The number of carbonyl (C=O) groups excluding carboxylic acids is 2. The summed E-state index contributed by atoms with van der Waals surface area (Å²) in [5.74, 6) is 1.27. The lowest BCUT2D eigenvalue weighted by Gasteiger charge is -2.40. The summed E-state index contributed by atoms with van der Waals surface area (Å²) in [6, 6.07) is 8.36. The fourth-order valence-corrected chi connectivity index (χ4v) is 5.27. The van der Waals surface area contributed by atoms with Gasteiger partial charge >= 0.3 is 0 Å². The molecule has 2 fully saturated rings. The summed E-state index contributed by atoms with van der Waals surface area (Å²) in [5, 5.41) is 3.26. The van der Waals surface area contributed by atoms with E-state index in [0.29, 0.717) is 29.8 Å². The van der Waals surface area contributed by atoms with E-state index in [-0.39, 0.29) is 11.9 Å². The van der Waals surface area contributed by atoms with Crippen molar-refractivity contribution in [3.8, 4) is 5.75 Å². The Morgan fingerprint density at radius 1 is 1.17 bits per heavy atom. The minimum Gasteiger partial charge on any atom is -0.493 e. The van der Waals surface area contributed by atoms with Gasteiger partial charge in [-0.3, -0.25) is 9.59 Å². The van der Waals surface area contributed by atoms with Crippen LogP contribution in [0.2, 0.25) is 0 Å². The zero-order chi connectivity index (χ0) is 20.8. The Hall–Kier alpha value is -3.09. The number of piperidine rings is 1. The number of rotatable bonds is 4. The summed E-state index contributed by atoms with van der Waals surface area (Å²) < 4.78 is 5.72. The number of benzene rings is 1. The van der Waals surface area contributed by atoms with E-state index in [1.807, 2.05) is 25.1 Å². The number of aromatic nitrogens is 1. The number of nitrogens with zero attached hydrogens (tertiary/aromatic N) is 2. The Morgan fingerprint density at radius 3 is 2.60 bits per heavy atom. The van der Waals surface area contributed by atoms with Gasteiger partial charge in [0.25, 0.3) is 5.91 Å². The highest BCUT2D eigenvalue weighted by Crippen LogP contribution is 2.39. The third-order valence-corrected chi connectivity index (χ3v) is 6.72. The second-order valence-electron chi connectivity index (χ2n) is 8.53. The number of amides is 2. The third-order valence-electron chi connectivity index (χ3n) is 6.72. The van der Waals surface area contributed by atoms with Crippen LogP contribution in [0.4, 0.5) is 5.82 Å². The highest BCUT2D eigenvalue weighted by molar-refractivity contribution is 5.96. The SMILES string of the molecule is Cc1c(C(=O)NC2CC3CCC(C2)N3c2ccc(C(N)=O)cn2)ccc2c1OCC2. The van der Waals surface area contributed by atoms with Gasteiger partial charge in [-0.15, -0.1) is 0 Å². The number of hydrogen-bond acceptors (Lipinski definition) is 5. The van der Waals surface area contributed by atoms with Crippen LogP contribution in [0.15, 0.2) is 30.5 Å². The van der Waals surface area contributed by atoms with Gasteiger partial charge in [0.2, 0.25) is 5.91 Å². The molecule has 0 radical (unpaired) electrons. The monoisotopic (exact) mass is 406 g/mol. The van der Waals surface area contributed by atoms with Crippen molar-refractivity contribution in [2.45, 2.75) is 57.2 Å². The summed E-state index contributed by atoms with van der Waals surface area (Å²) in [4.78, 5) is 31.1. The molecule has 1 aromatic heterocycles. The fraction of sp³-hybridized carbons (Fsp3) is 0.435. The molecular weight excluding hydrogens is 380 g/mol. The summed E-state index contributed by atoms with van der Waals surface area (Å²) in [6.45, 7) is 2.66. The first kappa shape index (κ1) is 18.9. The van der Waals surface area contributed by atoms with Crippen LogP contribution >= 0.6 is 0 Å². The summed E-state index contributed by atoms with van der Waals surface area (Å²) in [6.07, 6.45) is 6.41. The van der Waals surface area contributed by atoms with E-state index in [0.717, 1.165) is 49.2 Å². The van der Waals surface area contributed by atoms with Gasteiger partial charge in [-0.25, -0.2) is 4.98 Å². The molecule has 2 amide bonds. The largest absolute Gasteiger partial charge is 0.493 e. The standard InChI is InChI=1S/C23H26N4O3/c1-13-19(6-2-14-8-9-30-21(13)14)23(29)26-16-10-17-4-5-18(11-16)27(17)20-7-3-15(12-25-20)22(24)28/h2-3,6-7,12,16-18H,4-5,8-11H2,1H3,(H2,24,28)(H,26,29). The normalized spacial score (nSPS) is 24.3. The molecule has 0 aliphatic carbocycles. The topological polar surface area (TPSA) is 97.6 Å². The maximum atomic E-state index is 13.0. The van der Waals surface area contributed by atoms with Gasteiger partial charge in [-0.05, 0) is 56.4 Å². The van der Waals surface area contributed by atoms with Crippen LogP contribution < -0.4 is 20.7 Å². The van der Waals surface area contributed by atoms with Crippen LogP contribution in [-0.2, 0) is 6.42 Å². The highest BCUT2D eigenvalue weighted by atomic mass is 16.5. The van der Waals surface area contributed by atoms with E-state index < -0.39 is 5.91 Å². The van der Waals surface area contributed by atoms with Gasteiger partial charge < -0.3 is 20.7 Å². The molecule has 156 valence electrons. The molecule has 3 aliphatic heterocycles. The summed E-state index contributed by atoms with van der Waals surface area (Å²) in [7, 11) is 0. The first-order valence-corrected chi connectivity index (χ1v) is 10.6. The van der Waals surface area contributed by atoms with E-state index >= 15 is 0 Å². The number of ether oxygens (including phenoxy) is 1. The van der Waals surface area contributed by atoms with Gasteiger partial charge in [0, 0.05) is 41.9 Å². The third kappa shape index (κ3) is 3.18. The molecule has 3 aliphatic rings. The Balaban J connectivity index is 1.28. The first-order valence-electron chi connectivity index (χ1n) is 10.6. The molecule has 3 N–H and O–H groups in total. The number of hydrogen-bond donors (Lipinski definition) is 2. The minimum absolute atomic E-state index is 0.0208. The molecular formula is C23H26N4O3. The highest BCUT2D eigenvalue weighted by Gasteiger charge is 2.42. The molecule has 7 heteroatoms. The molecule has 0 spiro atoms. The average molecular weight is 406 g/mol. The molecule has 2 unspecified atom stereocenters. The number of primary amides is 1. The van der Waals surface area contributed by atoms with Crippen molar-refractivity contribution in [1.29, 1.82) is 0 Å². The van der Waals surface area contributed by atoms with Gasteiger partial charge in [-0.1, -0.05) is 6.07 Å². The quantitative estimate of drug-likeness (QED) is 0.812. The zero-order valence-electron chi connectivity index (χ0n) is 17.1.